The van der Waals surface area contributed by atoms with Gasteiger partial charge in [0.05, 0.1) is 18.8 Å². The summed E-state index contributed by atoms with van der Waals surface area (Å²) < 4.78 is 0. The number of aliphatic hydroxyl groups is 2. The number of unbranched alkanes of at least 4 members (excludes halogenated alkanes) is 20. The van der Waals surface area contributed by atoms with E-state index in [4.69, 9.17) is 0 Å². The third-order valence-corrected chi connectivity index (χ3v) is 7.85. The van der Waals surface area contributed by atoms with Crippen LogP contribution in [0.3, 0.4) is 0 Å². The van der Waals surface area contributed by atoms with Gasteiger partial charge >= 0.3 is 0 Å². The molecular weight excluding hydrogens is 506 g/mol. The molecule has 0 radical (unpaired) electrons. The van der Waals surface area contributed by atoms with Crippen LogP contribution in [-0.2, 0) is 4.79 Å². The Kier molecular flexibility index (Phi) is 32.0. The topological polar surface area (TPSA) is 69.6 Å². The van der Waals surface area contributed by atoms with Crippen LogP contribution in [0.4, 0.5) is 0 Å². The molecule has 0 aromatic carbocycles. The third kappa shape index (κ3) is 29.9. The molecule has 0 saturated heterocycles. The van der Waals surface area contributed by atoms with E-state index in [2.05, 4.69) is 43.5 Å². The maximum Gasteiger partial charge on any atom is 0.220 e. The Bertz CT molecular complexity index is 628. The number of carbonyl (C=O) groups is 1. The minimum Gasteiger partial charge on any atom is -0.394 e. The van der Waals surface area contributed by atoms with Gasteiger partial charge in [-0.1, -0.05) is 159 Å². The molecule has 3 N–H and O–H groups in total. The summed E-state index contributed by atoms with van der Waals surface area (Å²) in [4.78, 5) is 12.1. The Hall–Kier alpha value is -1.39. The average Bonchev–Trinajstić information content (AvgIpc) is 2.97. The standard InChI is InChI=1S/C37H69NO3/c1-3-5-7-9-11-12-13-14-15-16-17-18-19-20-21-22-23-24-25-26-27-28-30-32-36(40)35(34-39)38-37(41)33-31-29-10-8-6-4-2/h21-22,25-26,30,32,35-36,39-40H,3-20,23-24,27-29,31,33-34H2,1-2H3,(H,38,41)/b22-21+,26-25+,32-30+. The largest absolute Gasteiger partial charge is 0.394 e. The number of aliphatic hydroxyl groups excluding tert-OH is 2. The Morgan fingerprint density at radius 2 is 0.951 bits per heavy atom. The van der Waals surface area contributed by atoms with Gasteiger partial charge in [-0.2, -0.15) is 0 Å². The molecule has 4 heteroatoms. The molecule has 0 saturated carbocycles. The molecule has 0 rings (SSSR count). The number of allylic oxidation sites excluding steroid dienone is 5. The molecule has 240 valence electrons. The molecule has 0 aromatic rings. The highest BCUT2D eigenvalue weighted by Gasteiger charge is 2.17. The number of amides is 1. The number of hydrogen-bond donors (Lipinski definition) is 3. The van der Waals surface area contributed by atoms with E-state index in [-0.39, 0.29) is 12.5 Å². The molecule has 0 aliphatic heterocycles. The summed E-state index contributed by atoms with van der Waals surface area (Å²) in [5, 5.41) is 22.7. The molecule has 0 aliphatic rings. The smallest absolute Gasteiger partial charge is 0.220 e. The van der Waals surface area contributed by atoms with Crippen molar-refractivity contribution < 1.29 is 15.0 Å². The second kappa shape index (κ2) is 33.1. The van der Waals surface area contributed by atoms with Crippen molar-refractivity contribution >= 4 is 5.91 Å². The van der Waals surface area contributed by atoms with Crippen LogP contribution < -0.4 is 5.32 Å². The molecule has 1 amide bonds. The van der Waals surface area contributed by atoms with E-state index >= 15 is 0 Å². The summed E-state index contributed by atoms with van der Waals surface area (Å²) in [7, 11) is 0. The average molecular weight is 576 g/mol. The Morgan fingerprint density at radius 3 is 1.41 bits per heavy atom. The van der Waals surface area contributed by atoms with Gasteiger partial charge in [0.15, 0.2) is 0 Å². The van der Waals surface area contributed by atoms with E-state index in [1.54, 1.807) is 6.08 Å². The number of hydrogen-bond acceptors (Lipinski definition) is 3. The molecule has 41 heavy (non-hydrogen) atoms. The van der Waals surface area contributed by atoms with Gasteiger partial charge in [0, 0.05) is 6.42 Å². The molecule has 2 atom stereocenters. The highest BCUT2D eigenvalue weighted by molar-refractivity contribution is 5.76. The SMILES string of the molecule is CCCCCCCCCCCCCCC/C=C/CC/C=C/CC/C=C/C(O)C(CO)NC(=O)CCCCCCCC. The lowest BCUT2D eigenvalue weighted by molar-refractivity contribution is -0.123. The van der Waals surface area contributed by atoms with E-state index in [1.165, 1.54) is 116 Å². The van der Waals surface area contributed by atoms with Crippen molar-refractivity contribution in [3.05, 3.63) is 36.5 Å². The van der Waals surface area contributed by atoms with Gasteiger partial charge in [-0.25, -0.2) is 0 Å². The summed E-state index contributed by atoms with van der Waals surface area (Å²) in [5.41, 5.74) is 0. The van der Waals surface area contributed by atoms with Crippen molar-refractivity contribution in [2.75, 3.05) is 6.61 Å². The van der Waals surface area contributed by atoms with Crippen molar-refractivity contribution in [3.8, 4) is 0 Å². The van der Waals surface area contributed by atoms with E-state index in [0.717, 1.165) is 38.5 Å². The first-order valence-electron chi connectivity index (χ1n) is 17.7. The molecule has 0 heterocycles. The van der Waals surface area contributed by atoms with Gasteiger partial charge in [-0.05, 0) is 44.9 Å². The number of carbonyl (C=O) groups excluding carboxylic acids is 1. The molecule has 2 unspecified atom stereocenters. The van der Waals surface area contributed by atoms with Gasteiger partial charge in [0.25, 0.3) is 0 Å². The monoisotopic (exact) mass is 576 g/mol. The lowest BCUT2D eigenvalue weighted by Gasteiger charge is -2.19. The Labute approximate surface area is 255 Å². The maximum atomic E-state index is 12.1. The van der Waals surface area contributed by atoms with E-state index in [9.17, 15) is 15.0 Å². The highest BCUT2D eigenvalue weighted by atomic mass is 16.3. The molecule has 0 aliphatic carbocycles. The molecular formula is C37H69NO3. The van der Waals surface area contributed by atoms with E-state index in [0.29, 0.717) is 6.42 Å². The molecule has 0 bridgehead atoms. The zero-order chi connectivity index (χ0) is 30.1. The summed E-state index contributed by atoms with van der Waals surface area (Å²) in [6.07, 6.45) is 42.6. The Balaban J connectivity index is 3.62. The fourth-order valence-electron chi connectivity index (χ4n) is 5.09. The van der Waals surface area contributed by atoms with Gasteiger partial charge in [0.2, 0.25) is 5.91 Å². The van der Waals surface area contributed by atoms with Gasteiger partial charge in [-0.3, -0.25) is 4.79 Å². The maximum absolute atomic E-state index is 12.1. The normalized spacial score (nSPS) is 13.6. The third-order valence-electron chi connectivity index (χ3n) is 7.85. The summed E-state index contributed by atoms with van der Waals surface area (Å²) in [5.74, 6) is -0.0895. The van der Waals surface area contributed by atoms with Crippen molar-refractivity contribution in [2.24, 2.45) is 0 Å². The van der Waals surface area contributed by atoms with Crippen LogP contribution >= 0.6 is 0 Å². The number of rotatable bonds is 31. The highest BCUT2D eigenvalue weighted by Crippen LogP contribution is 2.13. The first-order chi connectivity index (χ1) is 20.2. The quantitative estimate of drug-likeness (QED) is 0.0569. The van der Waals surface area contributed by atoms with Crippen LogP contribution in [0, 0.1) is 0 Å². The van der Waals surface area contributed by atoms with Crippen molar-refractivity contribution in [1.29, 1.82) is 0 Å². The van der Waals surface area contributed by atoms with Crippen LogP contribution in [0.5, 0.6) is 0 Å². The van der Waals surface area contributed by atoms with Crippen molar-refractivity contribution in [2.45, 2.75) is 187 Å². The lowest BCUT2D eigenvalue weighted by atomic mass is 10.0. The first-order valence-corrected chi connectivity index (χ1v) is 17.7. The second-order valence-electron chi connectivity index (χ2n) is 11.9. The molecule has 0 spiro atoms. The second-order valence-corrected chi connectivity index (χ2v) is 11.9. The zero-order valence-corrected chi connectivity index (χ0v) is 27.3. The first kappa shape index (κ1) is 39.6. The van der Waals surface area contributed by atoms with E-state index in [1.807, 2.05) is 6.08 Å². The number of nitrogens with one attached hydrogen (secondary N) is 1. The molecule has 0 fully saturated rings. The fraction of sp³-hybridized carbons (Fsp3) is 0.811. The lowest BCUT2D eigenvalue weighted by Crippen LogP contribution is -2.45. The summed E-state index contributed by atoms with van der Waals surface area (Å²) in [6, 6.07) is -0.638. The van der Waals surface area contributed by atoms with Gasteiger partial charge in [-0.15, -0.1) is 0 Å². The van der Waals surface area contributed by atoms with Gasteiger partial charge < -0.3 is 15.5 Å². The zero-order valence-electron chi connectivity index (χ0n) is 27.3. The van der Waals surface area contributed by atoms with Crippen LogP contribution in [0.15, 0.2) is 36.5 Å². The minimum atomic E-state index is -0.863. The predicted molar refractivity (Wildman–Crippen MR) is 179 cm³/mol. The molecule has 4 nitrogen and oxygen atoms in total. The van der Waals surface area contributed by atoms with Crippen LogP contribution in [0.2, 0.25) is 0 Å². The summed E-state index contributed by atoms with van der Waals surface area (Å²) in [6.45, 7) is 4.22. The predicted octanol–water partition coefficient (Wildman–Crippen LogP) is 10.3. The van der Waals surface area contributed by atoms with Gasteiger partial charge in [0.1, 0.15) is 0 Å². The van der Waals surface area contributed by atoms with Crippen molar-refractivity contribution in [3.63, 3.8) is 0 Å². The summed E-state index contributed by atoms with van der Waals surface area (Å²) >= 11 is 0. The Morgan fingerprint density at radius 1 is 0.561 bits per heavy atom. The minimum absolute atomic E-state index is 0.0895. The van der Waals surface area contributed by atoms with Crippen LogP contribution in [0.25, 0.3) is 0 Å². The van der Waals surface area contributed by atoms with Crippen LogP contribution in [0.1, 0.15) is 174 Å². The van der Waals surface area contributed by atoms with Crippen LogP contribution in [-0.4, -0.2) is 34.9 Å². The fourth-order valence-corrected chi connectivity index (χ4v) is 5.09. The van der Waals surface area contributed by atoms with E-state index < -0.39 is 12.1 Å². The van der Waals surface area contributed by atoms with Crippen molar-refractivity contribution in [1.82, 2.24) is 5.32 Å². The molecule has 0 aromatic heterocycles.